The zero-order chi connectivity index (χ0) is 17.9. The van der Waals surface area contributed by atoms with Gasteiger partial charge in [-0.2, -0.15) is 0 Å². The van der Waals surface area contributed by atoms with Crippen molar-refractivity contribution in [2.75, 3.05) is 37.3 Å². The lowest BCUT2D eigenvalue weighted by Gasteiger charge is -2.36. The minimum atomic E-state index is -2.64. The number of amides is 1. The van der Waals surface area contributed by atoms with E-state index in [9.17, 15) is 13.6 Å². The van der Waals surface area contributed by atoms with Gasteiger partial charge in [0.05, 0.1) is 0 Å². The number of halogens is 2. The van der Waals surface area contributed by atoms with Gasteiger partial charge < -0.3 is 14.5 Å². The molecule has 1 fully saturated rings. The van der Waals surface area contributed by atoms with Crippen LogP contribution in [0.15, 0.2) is 11.2 Å². The van der Waals surface area contributed by atoms with Crippen LogP contribution in [0.2, 0.25) is 0 Å². The first-order chi connectivity index (χ1) is 11.2. The van der Waals surface area contributed by atoms with E-state index >= 15 is 0 Å². The molecule has 0 unspecified atom stereocenters. The molecule has 0 aliphatic carbocycles. The standard InChI is InChI=1S/C15H22F2N4O2S/c1-15(2,3)23-14(22)21-7-5-20(6-8-21)11-9-10(12(16)17)18-13(19-11)24-4/h9,12H,5-8H2,1-4H3. The van der Waals surface area contributed by atoms with Gasteiger partial charge in [-0.1, -0.05) is 11.8 Å². The quantitative estimate of drug-likeness (QED) is 0.609. The molecule has 1 saturated heterocycles. The fourth-order valence-corrected chi connectivity index (χ4v) is 2.62. The van der Waals surface area contributed by atoms with Crippen molar-refractivity contribution in [2.24, 2.45) is 0 Å². The van der Waals surface area contributed by atoms with Crippen LogP contribution in [0, 0.1) is 0 Å². The van der Waals surface area contributed by atoms with Gasteiger partial charge in [0.15, 0.2) is 5.16 Å². The highest BCUT2D eigenvalue weighted by atomic mass is 32.2. The Morgan fingerprint density at radius 3 is 2.38 bits per heavy atom. The number of rotatable bonds is 3. The van der Waals surface area contributed by atoms with Gasteiger partial charge in [0.1, 0.15) is 17.1 Å². The Labute approximate surface area is 144 Å². The number of carbonyl (C=O) groups excluding carboxylic acids is 1. The number of aromatic nitrogens is 2. The Morgan fingerprint density at radius 1 is 1.25 bits per heavy atom. The maximum absolute atomic E-state index is 13.0. The van der Waals surface area contributed by atoms with Crippen molar-refractivity contribution in [2.45, 2.75) is 38.0 Å². The van der Waals surface area contributed by atoms with Crippen LogP contribution in [-0.2, 0) is 4.74 Å². The minimum Gasteiger partial charge on any atom is -0.444 e. The van der Waals surface area contributed by atoms with E-state index in [1.54, 1.807) is 11.2 Å². The Morgan fingerprint density at radius 2 is 1.88 bits per heavy atom. The molecule has 0 aromatic carbocycles. The van der Waals surface area contributed by atoms with Gasteiger partial charge >= 0.3 is 6.09 Å². The second kappa shape index (κ2) is 7.50. The molecule has 0 radical (unpaired) electrons. The molecule has 0 N–H and O–H groups in total. The SMILES string of the molecule is CSc1nc(C(F)F)cc(N2CCN(C(=O)OC(C)(C)C)CC2)n1. The number of anilines is 1. The Bertz CT molecular complexity index is 587. The maximum atomic E-state index is 13.0. The van der Waals surface area contributed by atoms with E-state index in [0.29, 0.717) is 37.2 Å². The highest BCUT2D eigenvalue weighted by Crippen LogP contribution is 2.25. The van der Waals surface area contributed by atoms with Crippen molar-refractivity contribution in [3.63, 3.8) is 0 Å². The van der Waals surface area contributed by atoms with E-state index < -0.39 is 12.0 Å². The number of ether oxygens (including phenoxy) is 1. The van der Waals surface area contributed by atoms with E-state index in [-0.39, 0.29) is 11.8 Å². The maximum Gasteiger partial charge on any atom is 0.410 e. The zero-order valence-corrected chi connectivity index (χ0v) is 15.1. The second-order valence-electron chi connectivity index (χ2n) is 6.39. The van der Waals surface area contributed by atoms with Gasteiger partial charge in [-0.3, -0.25) is 0 Å². The molecule has 134 valence electrons. The average molecular weight is 360 g/mol. The van der Waals surface area contributed by atoms with Crippen molar-refractivity contribution >= 4 is 23.7 Å². The summed E-state index contributed by atoms with van der Waals surface area (Å²) < 4.78 is 31.3. The lowest BCUT2D eigenvalue weighted by Crippen LogP contribution is -2.50. The van der Waals surface area contributed by atoms with Gasteiger partial charge in [0, 0.05) is 32.2 Å². The zero-order valence-electron chi connectivity index (χ0n) is 14.3. The molecule has 2 rings (SSSR count). The third-order valence-electron chi connectivity index (χ3n) is 3.37. The van der Waals surface area contributed by atoms with Crippen LogP contribution in [0.1, 0.15) is 32.9 Å². The molecule has 1 aromatic rings. The smallest absolute Gasteiger partial charge is 0.410 e. The van der Waals surface area contributed by atoms with Gasteiger partial charge in [-0.05, 0) is 27.0 Å². The largest absolute Gasteiger partial charge is 0.444 e. The van der Waals surface area contributed by atoms with E-state index in [0.717, 1.165) is 0 Å². The molecule has 2 heterocycles. The molecular weight excluding hydrogens is 338 g/mol. The molecule has 0 bridgehead atoms. The molecule has 0 spiro atoms. The third-order valence-corrected chi connectivity index (χ3v) is 3.92. The first kappa shape index (κ1) is 18.7. The van der Waals surface area contributed by atoms with Crippen LogP contribution in [0.5, 0.6) is 0 Å². The fourth-order valence-electron chi connectivity index (χ4n) is 2.24. The predicted octanol–water partition coefficient (Wildman–Crippen LogP) is 3.19. The highest BCUT2D eigenvalue weighted by molar-refractivity contribution is 7.98. The Hall–Kier alpha value is -1.64. The summed E-state index contributed by atoms with van der Waals surface area (Å²) in [5.41, 5.74) is -0.820. The van der Waals surface area contributed by atoms with Crippen LogP contribution in [0.3, 0.4) is 0 Å². The molecule has 24 heavy (non-hydrogen) atoms. The first-order valence-corrected chi connectivity index (χ1v) is 8.86. The predicted molar refractivity (Wildman–Crippen MR) is 88.8 cm³/mol. The first-order valence-electron chi connectivity index (χ1n) is 7.63. The summed E-state index contributed by atoms with van der Waals surface area (Å²) >= 11 is 1.22. The number of piperazine rings is 1. The van der Waals surface area contributed by atoms with E-state index in [1.807, 2.05) is 25.7 Å². The Balaban J connectivity index is 2.04. The summed E-state index contributed by atoms with van der Waals surface area (Å²) in [4.78, 5) is 23.7. The van der Waals surface area contributed by atoms with E-state index in [2.05, 4.69) is 9.97 Å². The van der Waals surface area contributed by atoms with Crippen LogP contribution >= 0.6 is 11.8 Å². The number of alkyl halides is 2. The van der Waals surface area contributed by atoms with Crippen molar-refractivity contribution < 1.29 is 18.3 Å². The molecule has 0 atom stereocenters. The number of nitrogens with zero attached hydrogens (tertiary/aromatic N) is 4. The number of thioether (sulfide) groups is 1. The number of carbonyl (C=O) groups is 1. The lowest BCUT2D eigenvalue weighted by molar-refractivity contribution is 0.0240. The normalized spacial score (nSPS) is 15.8. The van der Waals surface area contributed by atoms with Crippen LogP contribution in [-0.4, -0.2) is 59.0 Å². The minimum absolute atomic E-state index is 0.279. The third kappa shape index (κ3) is 4.93. The second-order valence-corrected chi connectivity index (χ2v) is 7.17. The Kier molecular flexibility index (Phi) is 5.84. The summed E-state index contributed by atoms with van der Waals surface area (Å²) in [6, 6.07) is 1.31. The average Bonchev–Trinajstić information content (AvgIpc) is 2.52. The van der Waals surface area contributed by atoms with E-state index in [1.165, 1.54) is 17.8 Å². The molecule has 1 aliphatic rings. The lowest BCUT2D eigenvalue weighted by atomic mass is 10.2. The van der Waals surface area contributed by atoms with E-state index in [4.69, 9.17) is 4.74 Å². The molecule has 1 amide bonds. The summed E-state index contributed by atoms with van der Waals surface area (Å²) in [5, 5.41) is 0.317. The molecular formula is C15H22F2N4O2S. The molecule has 9 heteroatoms. The van der Waals surface area contributed by atoms with Crippen LogP contribution < -0.4 is 4.90 Å². The summed E-state index contributed by atoms with van der Waals surface area (Å²) in [5.74, 6) is 0.466. The fraction of sp³-hybridized carbons (Fsp3) is 0.667. The van der Waals surface area contributed by atoms with Crippen LogP contribution in [0.4, 0.5) is 19.4 Å². The summed E-state index contributed by atoms with van der Waals surface area (Å²) in [6.45, 7) is 7.38. The molecule has 6 nitrogen and oxygen atoms in total. The number of hydrogen-bond acceptors (Lipinski definition) is 6. The highest BCUT2D eigenvalue weighted by Gasteiger charge is 2.27. The summed E-state index contributed by atoms with van der Waals surface area (Å²) in [6.07, 6.45) is -1.25. The molecule has 1 aromatic heterocycles. The van der Waals surface area contributed by atoms with Crippen molar-refractivity contribution in [3.8, 4) is 0 Å². The monoisotopic (exact) mass is 360 g/mol. The molecule has 1 aliphatic heterocycles. The van der Waals surface area contributed by atoms with Gasteiger partial charge in [0.25, 0.3) is 6.43 Å². The molecule has 0 saturated carbocycles. The van der Waals surface area contributed by atoms with Gasteiger partial charge in [0.2, 0.25) is 0 Å². The van der Waals surface area contributed by atoms with Crippen molar-refractivity contribution in [3.05, 3.63) is 11.8 Å². The van der Waals surface area contributed by atoms with Gasteiger partial charge in [-0.25, -0.2) is 23.5 Å². The van der Waals surface area contributed by atoms with Gasteiger partial charge in [-0.15, -0.1) is 0 Å². The topological polar surface area (TPSA) is 58.6 Å². The van der Waals surface area contributed by atoms with Crippen molar-refractivity contribution in [1.29, 1.82) is 0 Å². The van der Waals surface area contributed by atoms with Crippen LogP contribution in [0.25, 0.3) is 0 Å². The van der Waals surface area contributed by atoms with Crippen molar-refractivity contribution in [1.82, 2.24) is 14.9 Å². The summed E-state index contributed by atoms with van der Waals surface area (Å²) in [7, 11) is 0. The number of hydrogen-bond donors (Lipinski definition) is 0.